The molecule has 5 heteroatoms. The van der Waals surface area contributed by atoms with E-state index in [2.05, 4.69) is 20.9 Å². The van der Waals surface area contributed by atoms with Crippen molar-refractivity contribution in [2.24, 2.45) is 7.05 Å². The van der Waals surface area contributed by atoms with Gasteiger partial charge in [0.25, 0.3) is 0 Å². The zero-order valence-corrected chi connectivity index (χ0v) is 9.84. The molecular formula is C9H13BrN2O2. The number of carboxylic acid groups (broad SMARTS) is 1. The van der Waals surface area contributed by atoms with Crippen molar-refractivity contribution in [3.05, 3.63) is 16.1 Å². The average Bonchev–Trinajstić information content (AvgIpc) is 2.41. The fraction of sp³-hybridized carbons (Fsp3) is 0.556. The predicted molar refractivity (Wildman–Crippen MR) is 56.2 cm³/mol. The van der Waals surface area contributed by atoms with Crippen LogP contribution in [0.2, 0.25) is 0 Å². The van der Waals surface area contributed by atoms with Gasteiger partial charge in [0, 0.05) is 19.9 Å². The maximum Gasteiger partial charge on any atom is 0.303 e. The molecule has 1 aromatic heterocycles. The number of carbonyl (C=O) groups is 1. The quantitative estimate of drug-likeness (QED) is 0.898. The zero-order chi connectivity index (χ0) is 10.7. The molecule has 1 rings (SSSR count). The number of hydrogen-bond donors (Lipinski definition) is 1. The summed E-state index contributed by atoms with van der Waals surface area (Å²) >= 11 is 3.40. The molecule has 0 spiro atoms. The Morgan fingerprint density at radius 2 is 2.29 bits per heavy atom. The first kappa shape index (κ1) is 11.2. The molecule has 4 nitrogen and oxygen atoms in total. The normalized spacial score (nSPS) is 10.5. The summed E-state index contributed by atoms with van der Waals surface area (Å²) in [6, 6.07) is 0. The van der Waals surface area contributed by atoms with E-state index < -0.39 is 5.97 Å². The minimum Gasteiger partial charge on any atom is -0.481 e. The van der Waals surface area contributed by atoms with Crippen molar-refractivity contribution in [1.29, 1.82) is 0 Å². The molecule has 0 saturated heterocycles. The lowest BCUT2D eigenvalue weighted by Gasteiger charge is -1.97. The van der Waals surface area contributed by atoms with Crippen LogP contribution in [-0.2, 0) is 24.7 Å². The summed E-state index contributed by atoms with van der Waals surface area (Å²) < 4.78 is 2.83. The second kappa shape index (κ2) is 4.59. The molecule has 1 aromatic rings. The number of aromatic nitrogens is 2. The lowest BCUT2D eigenvalue weighted by atomic mass is 10.2. The number of imidazole rings is 1. The van der Waals surface area contributed by atoms with Crippen LogP contribution in [0.25, 0.3) is 0 Å². The van der Waals surface area contributed by atoms with Crippen LogP contribution in [0, 0.1) is 0 Å². The van der Waals surface area contributed by atoms with E-state index in [0.717, 1.165) is 22.5 Å². The van der Waals surface area contributed by atoms with Gasteiger partial charge in [-0.25, -0.2) is 4.98 Å². The number of rotatable bonds is 4. The Balaban J connectivity index is 2.82. The lowest BCUT2D eigenvalue weighted by molar-refractivity contribution is -0.136. The molecule has 0 aromatic carbocycles. The Hall–Kier alpha value is -0.840. The van der Waals surface area contributed by atoms with Crippen LogP contribution >= 0.6 is 15.9 Å². The van der Waals surface area contributed by atoms with Crippen LogP contribution in [0.5, 0.6) is 0 Å². The van der Waals surface area contributed by atoms with Crippen molar-refractivity contribution < 1.29 is 9.90 Å². The second-order valence-electron chi connectivity index (χ2n) is 3.07. The monoisotopic (exact) mass is 260 g/mol. The van der Waals surface area contributed by atoms with Gasteiger partial charge < -0.3 is 9.67 Å². The molecule has 0 saturated carbocycles. The van der Waals surface area contributed by atoms with Gasteiger partial charge in [-0.3, -0.25) is 4.79 Å². The summed E-state index contributed by atoms with van der Waals surface area (Å²) in [6.07, 6.45) is 1.45. The van der Waals surface area contributed by atoms with E-state index in [1.165, 1.54) is 0 Å². The molecule has 0 aliphatic carbocycles. The number of aryl methyl sites for hydroxylation is 2. The Bertz CT molecular complexity index is 347. The van der Waals surface area contributed by atoms with Gasteiger partial charge in [0.05, 0.1) is 12.1 Å². The highest BCUT2D eigenvalue weighted by Gasteiger charge is 2.11. The summed E-state index contributed by atoms with van der Waals surface area (Å²) in [6.45, 7) is 2.02. The maximum absolute atomic E-state index is 10.4. The van der Waals surface area contributed by atoms with E-state index >= 15 is 0 Å². The van der Waals surface area contributed by atoms with E-state index in [4.69, 9.17) is 5.11 Å². The third kappa shape index (κ3) is 2.35. The van der Waals surface area contributed by atoms with Gasteiger partial charge in [-0.2, -0.15) is 0 Å². The summed E-state index contributed by atoms with van der Waals surface area (Å²) in [4.78, 5) is 14.7. The van der Waals surface area contributed by atoms with Gasteiger partial charge in [0.1, 0.15) is 10.4 Å². The fourth-order valence-electron chi connectivity index (χ4n) is 1.28. The molecule has 14 heavy (non-hydrogen) atoms. The zero-order valence-electron chi connectivity index (χ0n) is 8.25. The van der Waals surface area contributed by atoms with Gasteiger partial charge in [0.15, 0.2) is 0 Å². The highest BCUT2D eigenvalue weighted by atomic mass is 79.9. The van der Waals surface area contributed by atoms with Gasteiger partial charge >= 0.3 is 5.97 Å². The van der Waals surface area contributed by atoms with Crippen molar-refractivity contribution in [3.63, 3.8) is 0 Å². The highest BCUT2D eigenvalue weighted by molar-refractivity contribution is 9.10. The number of carboxylic acids is 1. The molecule has 78 valence electrons. The third-order valence-corrected chi connectivity index (χ3v) is 3.07. The van der Waals surface area contributed by atoms with Crippen LogP contribution < -0.4 is 0 Å². The number of hydrogen-bond acceptors (Lipinski definition) is 2. The van der Waals surface area contributed by atoms with Gasteiger partial charge in [-0.15, -0.1) is 0 Å². The molecule has 1 heterocycles. The van der Waals surface area contributed by atoms with Gasteiger partial charge in [0.2, 0.25) is 0 Å². The maximum atomic E-state index is 10.4. The summed E-state index contributed by atoms with van der Waals surface area (Å²) in [5, 5.41) is 8.55. The first-order chi connectivity index (χ1) is 6.56. The molecule has 1 N–H and O–H groups in total. The smallest absolute Gasteiger partial charge is 0.303 e. The topological polar surface area (TPSA) is 55.1 Å². The molecule has 0 unspecified atom stereocenters. The first-order valence-electron chi connectivity index (χ1n) is 4.48. The molecular weight excluding hydrogens is 248 g/mol. The average molecular weight is 261 g/mol. The van der Waals surface area contributed by atoms with E-state index in [0.29, 0.717) is 6.42 Å². The summed E-state index contributed by atoms with van der Waals surface area (Å²) in [5.41, 5.74) is 0.826. The molecule has 0 radical (unpaired) electrons. The van der Waals surface area contributed by atoms with Crippen molar-refractivity contribution in [1.82, 2.24) is 9.55 Å². The first-order valence-corrected chi connectivity index (χ1v) is 5.27. The third-order valence-electron chi connectivity index (χ3n) is 2.08. The van der Waals surface area contributed by atoms with Crippen molar-refractivity contribution in [2.75, 3.05) is 0 Å². The van der Waals surface area contributed by atoms with Crippen molar-refractivity contribution >= 4 is 21.9 Å². The Labute approximate surface area is 91.1 Å². The van der Waals surface area contributed by atoms with E-state index in [-0.39, 0.29) is 6.42 Å². The van der Waals surface area contributed by atoms with Crippen LogP contribution in [0.1, 0.15) is 24.9 Å². The van der Waals surface area contributed by atoms with E-state index in [1.54, 1.807) is 0 Å². The summed E-state index contributed by atoms with van der Waals surface area (Å²) in [5.74, 6) is 0.179. The largest absolute Gasteiger partial charge is 0.481 e. The molecule has 0 amide bonds. The molecule has 0 bridgehead atoms. The van der Waals surface area contributed by atoms with Crippen LogP contribution in [-0.4, -0.2) is 20.6 Å². The Morgan fingerprint density at radius 1 is 1.64 bits per heavy atom. The second-order valence-corrected chi connectivity index (χ2v) is 3.82. The SMILES string of the molecule is CCc1nc(CCC(=O)O)c(Br)n1C. The van der Waals surface area contributed by atoms with Gasteiger partial charge in [-0.05, 0) is 15.9 Å². The Kier molecular flexibility index (Phi) is 3.69. The van der Waals surface area contributed by atoms with Crippen molar-refractivity contribution in [2.45, 2.75) is 26.2 Å². The highest BCUT2D eigenvalue weighted by Crippen LogP contribution is 2.19. The fourth-order valence-corrected chi connectivity index (χ4v) is 1.78. The van der Waals surface area contributed by atoms with Crippen LogP contribution in [0.3, 0.4) is 0 Å². The number of nitrogens with zero attached hydrogens (tertiary/aromatic N) is 2. The lowest BCUT2D eigenvalue weighted by Crippen LogP contribution is -1.98. The van der Waals surface area contributed by atoms with E-state index in [9.17, 15) is 4.79 Å². The Morgan fingerprint density at radius 3 is 2.71 bits per heavy atom. The van der Waals surface area contributed by atoms with Gasteiger partial charge in [-0.1, -0.05) is 6.92 Å². The van der Waals surface area contributed by atoms with Crippen molar-refractivity contribution in [3.8, 4) is 0 Å². The predicted octanol–water partition coefficient (Wildman–Crippen LogP) is 1.76. The number of aliphatic carboxylic acids is 1. The van der Waals surface area contributed by atoms with Crippen LogP contribution in [0.4, 0.5) is 0 Å². The molecule has 0 aliphatic rings. The minimum atomic E-state index is -0.791. The minimum absolute atomic E-state index is 0.124. The molecule has 0 aliphatic heterocycles. The summed E-state index contributed by atoms with van der Waals surface area (Å²) in [7, 11) is 1.92. The van der Waals surface area contributed by atoms with Crippen LogP contribution in [0.15, 0.2) is 4.60 Å². The standard InChI is InChI=1S/C9H13BrN2O2/c1-3-7-11-6(4-5-8(13)14)9(10)12(7)2/h3-5H2,1-2H3,(H,13,14). The number of halogens is 1. The molecule has 0 atom stereocenters. The molecule has 0 fully saturated rings. The van der Waals surface area contributed by atoms with E-state index in [1.807, 2.05) is 18.5 Å².